The molecule has 1 aliphatic heterocycles. The lowest BCUT2D eigenvalue weighted by Crippen LogP contribution is -2.39. The fraction of sp³-hybridized carbons (Fsp3) is 0.588. The van der Waals surface area contributed by atoms with Crippen molar-refractivity contribution in [2.24, 2.45) is 0 Å². The Morgan fingerprint density at radius 3 is 2.71 bits per heavy atom. The van der Waals surface area contributed by atoms with Gasteiger partial charge >= 0.3 is 0 Å². The number of benzene rings is 1. The van der Waals surface area contributed by atoms with Crippen LogP contribution in [0.25, 0.3) is 0 Å². The predicted octanol–water partition coefficient (Wildman–Crippen LogP) is 2.34. The van der Waals surface area contributed by atoms with Gasteiger partial charge in [-0.25, -0.2) is 0 Å². The minimum Gasteiger partial charge on any atom is -0.481 e. The summed E-state index contributed by atoms with van der Waals surface area (Å²) in [5.74, 6) is 0.649. The number of carbonyl (C=O) groups excluding carboxylic acids is 1. The molecule has 0 radical (unpaired) electrons. The maximum absolute atomic E-state index is 12.3. The summed E-state index contributed by atoms with van der Waals surface area (Å²) in [6, 6.07) is 7.88. The van der Waals surface area contributed by atoms with E-state index in [9.17, 15) is 9.90 Å². The molecule has 1 saturated heterocycles. The molecule has 2 rings (SSSR count). The van der Waals surface area contributed by atoms with E-state index in [2.05, 4.69) is 26.8 Å². The zero-order chi connectivity index (χ0) is 15.6. The molecule has 0 aromatic heterocycles. The molecule has 1 heterocycles. The first-order valence-corrected chi connectivity index (χ1v) is 7.51. The molecule has 21 heavy (non-hydrogen) atoms. The number of β-amino-alcohol motifs (C(OH)–C–C–N with tert-alkyl or cyclic N) is 1. The summed E-state index contributed by atoms with van der Waals surface area (Å²) in [6.07, 6.45) is -0.284. The standard InChI is InChI=1S/C17H25NO3/c1-12(16(20)18-9-8-14(19)11-18)21-15-7-5-6-13(10-15)17(2,3)4/h5-7,10,12,14,19H,8-9,11H2,1-4H3/t12?,14-/m0/s1. The van der Waals surface area contributed by atoms with Gasteiger partial charge in [0.15, 0.2) is 6.10 Å². The molecule has 4 nitrogen and oxygen atoms in total. The van der Waals surface area contributed by atoms with Gasteiger partial charge in [-0.3, -0.25) is 4.79 Å². The van der Waals surface area contributed by atoms with Crippen LogP contribution < -0.4 is 4.74 Å². The van der Waals surface area contributed by atoms with Crippen LogP contribution in [-0.2, 0) is 10.2 Å². The number of aliphatic hydroxyl groups excluding tert-OH is 1. The summed E-state index contributed by atoms with van der Waals surface area (Å²) in [4.78, 5) is 13.9. The molecule has 1 unspecified atom stereocenters. The van der Waals surface area contributed by atoms with Gasteiger partial charge in [0.1, 0.15) is 5.75 Å². The average Bonchev–Trinajstić information content (AvgIpc) is 2.84. The minimum atomic E-state index is -0.537. The second kappa shape index (κ2) is 6.06. The van der Waals surface area contributed by atoms with Crippen molar-refractivity contribution in [2.75, 3.05) is 13.1 Å². The predicted molar refractivity (Wildman–Crippen MR) is 82.4 cm³/mol. The van der Waals surface area contributed by atoms with E-state index in [0.29, 0.717) is 25.3 Å². The summed E-state index contributed by atoms with van der Waals surface area (Å²) in [7, 11) is 0. The molecule has 1 fully saturated rings. The van der Waals surface area contributed by atoms with Crippen molar-refractivity contribution in [3.05, 3.63) is 29.8 Å². The molecule has 2 atom stereocenters. The first-order chi connectivity index (χ1) is 9.77. The van der Waals surface area contributed by atoms with E-state index < -0.39 is 12.2 Å². The molecule has 1 N–H and O–H groups in total. The van der Waals surface area contributed by atoms with Crippen molar-refractivity contribution in [3.63, 3.8) is 0 Å². The number of hydrogen-bond acceptors (Lipinski definition) is 3. The quantitative estimate of drug-likeness (QED) is 0.930. The lowest BCUT2D eigenvalue weighted by Gasteiger charge is -2.23. The first kappa shape index (κ1) is 15.8. The van der Waals surface area contributed by atoms with E-state index in [0.717, 1.165) is 0 Å². The third kappa shape index (κ3) is 3.97. The first-order valence-electron chi connectivity index (χ1n) is 7.51. The number of nitrogens with zero attached hydrogens (tertiary/aromatic N) is 1. The zero-order valence-corrected chi connectivity index (χ0v) is 13.3. The van der Waals surface area contributed by atoms with Gasteiger partial charge in [0, 0.05) is 13.1 Å². The SMILES string of the molecule is CC(Oc1cccc(C(C)(C)C)c1)C(=O)N1CC[C@H](O)C1. The van der Waals surface area contributed by atoms with E-state index in [1.165, 1.54) is 5.56 Å². The number of hydrogen-bond donors (Lipinski definition) is 1. The second-order valence-electron chi connectivity index (χ2n) is 6.76. The monoisotopic (exact) mass is 291 g/mol. The van der Waals surface area contributed by atoms with Crippen LogP contribution in [0.2, 0.25) is 0 Å². The van der Waals surface area contributed by atoms with Crippen molar-refractivity contribution in [2.45, 2.75) is 51.7 Å². The Balaban J connectivity index is 2.02. The molecule has 4 heteroatoms. The van der Waals surface area contributed by atoms with E-state index >= 15 is 0 Å². The lowest BCUT2D eigenvalue weighted by molar-refractivity contribution is -0.137. The van der Waals surface area contributed by atoms with Crippen molar-refractivity contribution in [1.29, 1.82) is 0 Å². The molecule has 1 aromatic rings. The maximum atomic E-state index is 12.3. The van der Waals surface area contributed by atoms with Crippen molar-refractivity contribution < 1.29 is 14.6 Å². The Bertz CT molecular complexity index is 507. The molecule has 0 spiro atoms. The number of rotatable bonds is 3. The van der Waals surface area contributed by atoms with Gasteiger partial charge in [-0.1, -0.05) is 32.9 Å². The van der Waals surface area contributed by atoms with E-state index in [1.54, 1.807) is 11.8 Å². The number of amides is 1. The molecular weight excluding hydrogens is 266 g/mol. The molecule has 0 bridgehead atoms. The van der Waals surface area contributed by atoms with Gasteiger partial charge in [0.05, 0.1) is 6.10 Å². The summed E-state index contributed by atoms with van der Waals surface area (Å²) in [6.45, 7) is 9.21. The Morgan fingerprint density at radius 1 is 1.43 bits per heavy atom. The van der Waals surface area contributed by atoms with Gasteiger partial charge in [-0.15, -0.1) is 0 Å². The van der Waals surface area contributed by atoms with Crippen LogP contribution in [0.15, 0.2) is 24.3 Å². The number of likely N-dealkylation sites (tertiary alicyclic amines) is 1. The molecule has 116 valence electrons. The van der Waals surface area contributed by atoms with Crippen LogP contribution in [-0.4, -0.2) is 41.2 Å². The molecule has 0 aliphatic carbocycles. The van der Waals surface area contributed by atoms with Gasteiger partial charge in [0.2, 0.25) is 0 Å². The summed E-state index contributed by atoms with van der Waals surface area (Å²) < 4.78 is 5.79. The van der Waals surface area contributed by atoms with Crippen molar-refractivity contribution >= 4 is 5.91 Å². The van der Waals surface area contributed by atoms with Gasteiger partial charge in [0.25, 0.3) is 5.91 Å². The number of aliphatic hydroxyl groups is 1. The Morgan fingerprint density at radius 2 is 2.14 bits per heavy atom. The van der Waals surface area contributed by atoms with Crippen LogP contribution in [0.1, 0.15) is 39.7 Å². The normalized spacial score (nSPS) is 20.4. The molecular formula is C17H25NO3. The van der Waals surface area contributed by atoms with Gasteiger partial charge < -0.3 is 14.7 Å². The fourth-order valence-electron chi connectivity index (χ4n) is 2.49. The van der Waals surface area contributed by atoms with Gasteiger partial charge in [-0.2, -0.15) is 0 Å². The van der Waals surface area contributed by atoms with E-state index in [-0.39, 0.29) is 11.3 Å². The van der Waals surface area contributed by atoms with Crippen LogP contribution in [0.5, 0.6) is 5.75 Å². The fourth-order valence-corrected chi connectivity index (χ4v) is 2.49. The Hall–Kier alpha value is -1.55. The average molecular weight is 291 g/mol. The highest BCUT2D eigenvalue weighted by molar-refractivity contribution is 5.81. The Labute approximate surface area is 126 Å². The zero-order valence-electron chi connectivity index (χ0n) is 13.3. The summed E-state index contributed by atoms with van der Waals surface area (Å²) >= 11 is 0. The van der Waals surface area contributed by atoms with Crippen LogP contribution in [0.4, 0.5) is 0 Å². The summed E-state index contributed by atoms with van der Waals surface area (Å²) in [5, 5.41) is 9.51. The lowest BCUT2D eigenvalue weighted by atomic mass is 9.87. The smallest absolute Gasteiger partial charge is 0.263 e. The van der Waals surface area contributed by atoms with Crippen LogP contribution in [0, 0.1) is 0 Å². The highest BCUT2D eigenvalue weighted by Gasteiger charge is 2.28. The third-order valence-corrected chi connectivity index (χ3v) is 3.84. The molecule has 0 saturated carbocycles. The minimum absolute atomic E-state index is 0.0473. The number of carbonyl (C=O) groups is 1. The van der Waals surface area contributed by atoms with Crippen molar-refractivity contribution in [1.82, 2.24) is 4.90 Å². The largest absolute Gasteiger partial charge is 0.481 e. The Kier molecular flexibility index (Phi) is 4.57. The van der Waals surface area contributed by atoms with E-state index in [4.69, 9.17) is 4.74 Å². The highest BCUT2D eigenvalue weighted by atomic mass is 16.5. The van der Waals surface area contributed by atoms with Crippen LogP contribution in [0.3, 0.4) is 0 Å². The molecule has 1 aliphatic rings. The topological polar surface area (TPSA) is 49.8 Å². The molecule has 1 amide bonds. The number of ether oxygens (including phenoxy) is 1. The van der Waals surface area contributed by atoms with E-state index in [1.807, 2.05) is 18.2 Å². The van der Waals surface area contributed by atoms with Crippen LogP contribution >= 0.6 is 0 Å². The second-order valence-corrected chi connectivity index (χ2v) is 6.76. The van der Waals surface area contributed by atoms with Crippen molar-refractivity contribution in [3.8, 4) is 5.75 Å². The summed E-state index contributed by atoms with van der Waals surface area (Å²) in [5.41, 5.74) is 1.22. The highest BCUT2D eigenvalue weighted by Crippen LogP contribution is 2.26. The van der Waals surface area contributed by atoms with Gasteiger partial charge in [-0.05, 0) is 36.5 Å². The third-order valence-electron chi connectivity index (χ3n) is 3.84. The molecule has 1 aromatic carbocycles. The maximum Gasteiger partial charge on any atom is 0.263 e.